The minimum atomic E-state index is -0.630. The molecular formula is C36H39Cl2N7O2. The third-order valence-electron chi connectivity index (χ3n) is 9.14. The van der Waals surface area contributed by atoms with Crippen LogP contribution < -0.4 is 20.1 Å². The summed E-state index contributed by atoms with van der Waals surface area (Å²) in [6.45, 7) is 9.74. The quantitative estimate of drug-likeness (QED) is 0.242. The van der Waals surface area contributed by atoms with E-state index in [0.717, 1.165) is 66.3 Å². The zero-order valence-electron chi connectivity index (χ0n) is 26.9. The topological polar surface area (TPSA) is 97.3 Å². The molecule has 2 saturated heterocycles. The number of hydrogen-bond acceptors (Lipinski definition) is 9. The molecule has 3 aliphatic rings. The standard InChI is InChI=1S/C36H39Cl2N7O2/c1-6-23-19-45(20-23)21-31-35(47-5)43-28(17-41-31)25-9-7-11-27(32(25)37)36(3)14-8-10-26(33(36)38)29-18-40-30(34(44-29)46-4)16-39-15-24-13-12-22(2)42-24/h1,7-11,17-18,23-24,39,42H,2,12-16,19-21H2,3-5H3/t24-,36?/m0/s1. The van der Waals surface area contributed by atoms with Crippen molar-refractivity contribution in [3.8, 4) is 35.4 Å². The summed E-state index contributed by atoms with van der Waals surface area (Å²) < 4.78 is 11.3. The van der Waals surface area contributed by atoms with Crippen LogP contribution in [0.3, 0.4) is 0 Å². The summed E-state index contributed by atoms with van der Waals surface area (Å²) in [5, 5.41) is 8.03. The van der Waals surface area contributed by atoms with E-state index in [1.807, 2.05) is 24.3 Å². The van der Waals surface area contributed by atoms with E-state index in [1.165, 1.54) is 0 Å². The fraction of sp³-hybridized carbons (Fsp3) is 0.389. The zero-order chi connectivity index (χ0) is 33.1. The fourth-order valence-electron chi connectivity index (χ4n) is 6.38. The number of benzene rings is 1. The minimum Gasteiger partial charge on any atom is -0.480 e. The van der Waals surface area contributed by atoms with Gasteiger partial charge < -0.3 is 20.1 Å². The van der Waals surface area contributed by atoms with E-state index in [1.54, 1.807) is 26.6 Å². The predicted octanol–water partition coefficient (Wildman–Crippen LogP) is 5.89. The van der Waals surface area contributed by atoms with Gasteiger partial charge in [-0.05, 0) is 24.8 Å². The number of ether oxygens (including phenoxy) is 2. The van der Waals surface area contributed by atoms with E-state index in [9.17, 15) is 0 Å². The van der Waals surface area contributed by atoms with Gasteiger partial charge in [0.2, 0.25) is 11.8 Å². The van der Waals surface area contributed by atoms with E-state index in [2.05, 4.69) is 41.0 Å². The number of halogens is 2. The molecule has 0 saturated carbocycles. The van der Waals surface area contributed by atoms with Crippen molar-refractivity contribution in [3.05, 3.63) is 87.7 Å². The first-order chi connectivity index (χ1) is 22.7. The summed E-state index contributed by atoms with van der Waals surface area (Å²) in [4.78, 5) is 21.3. The normalized spacial score (nSPS) is 21.4. The van der Waals surface area contributed by atoms with Gasteiger partial charge in [0.05, 0.1) is 43.0 Å². The van der Waals surface area contributed by atoms with Crippen molar-refractivity contribution in [1.29, 1.82) is 0 Å². The lowest BCUT2D eigenvalue weighted by Crippen LogP contribution is -2.45. The number of aromatic nitrogens is 4. The number of nitrogens with zero attached hydrogens (tertiary/aromatic N) is 5. The predicted molar refractivity (Wildman–Crippen MR) is 186 cm³/mol. The number of allylic oxidation sites excluding steroid dienone is 5. The van der Waals surface area contributed by atoms with Gasteiger partial charge in [0.1, 0.15) is 11.4 Å². The number of terminal acetylenes is 1. The van der Waals surface area contributed by atoms with Gasteiger partial charge in [0.25, 0.3) is 0 Å². The fourth-order valence-corrected chi connectivity index (χ4v) is 7.15. The Morgan fingerprint density at radius 3 is 2.55 bits per heavy atom. The molecule has 2 atom stereocenters. The molecule has 3 aromatic rings. The third-order valence-corrected chi connectivity index (χ3v) is 10.2. The third kappa shape index (κ3) is 6.74. The molecule has 0 spiro atoms. The van der Waals surface area contributed by atoms with Gasteiger partial charge in [-0.15, -0.1) is 12.3 Å². The average molecular weight is 673 g/mol. The van der Waals surface area contributed by atoms with E-state index in [4.69, 9.17) is 59.0 Å². The monoisotopic (exact) mass is 671 g/mol. The summed E-state index contributed by atoms with van der Waals surface area (Å²) in [5.74, 6) is 4.00. The van der Waals surface area contributed by atoms with E-state index < -0.39 is 5.41 Å². The Labute approximate surface area is 286 Å². The van der Waals surface area contributed by atoms with Crippen molar-refractivity contribution >= 4 is 28.8 Å². The van der Waals surface area contributed by atoms with Crippen LogP contribution in [-0.4, -0.2) is 64.7 Å². The Hall–Kier alpha value is -3.94. The summed E-state index contributed by atoms with van der Waals surface area (Å²) in [7, 11) is 3.20. The Morgan fingerprint density at radius 1 is 1.11 bits per heavy atom. The smallest absolute Gasteiger partial charge is 0.237 e. The van der Waals surface area contributed by atoms with E-state index in [0.29, 0.717) is 58.8 Å². The highest BCUT2D eigenvalue weighted by Gasteiger charge is 2.37. The van der Waals surface area contributed by atoms with Crippen LogP contribution >= 0.6 is 23.2 Å². The Bertz CT molecular complexity index is 1780. The molecule has 9 nitrogen and oxygen atoms in total. The van der Waals surface area contributed by atoms with Gasteiger partial charge in [-0.2, -0.15) is 0 Å². The van der Waals surface area contributed by atoms with E-state index >= 15 is 0 Å². The van der Waals surface area contributed by atoms with Crippen molar-refractivity contribution in [1.82, 2.24) is 35.5 Å². The lowest BCUT2D eigenvalue weighted by Gasteiger charge is -2.36. The van der Waals surface area contributed by atoms with Crippen molar-refractivity contribution in [2.45, 2.75) is 50.7 Å². The van der Waals surface area contributed by atoms with Crippen LogP contribution in [0.4, 0.5) is 0 Å². The number of methoxy groups -OCH3 is 2. The van der Waals surface area contributed by atoms with Crippen LogP contribution in [0.5, 0.6) is 11.8 Å². The number of likely N-dealkylation sites (tertiary alicyclic amines) is 1. The van der Waals surface area contributed by atoms with Gasteiger partial charge in [-0.3, -0.25) is 14.9 Å². The van der Waals surface area contributed by atoms with Crippen LogP contribution in [0.15, 0.2) is 60.1 Å². The average Bonchev–Trinajstić information content (AvgIpc) is 3.48. The lowest BCUT2D eigenvalue weighted by atomic mass is 9.74. The highest BCUT2D eigenvalue weighted by molar-refractivity contribution is 6.36. The molecule has 4 heterocycles. The molecule has 244 valence electrons. The van der Waals surface area contributed by atoms with Crippen LogP contribution in [0.25, 0.3) is 16.8 Å². The maximum absolute atomic E-state index is 7.26. The molecule has 2 fully saturated rings. The largest absolute Gasteiger partial charge is 0.480 e. The maximum Gasteiger partial charge on any atom is 0.237 e. The lowest BCUT2D eigenvalue weighted by molar-refractivity contribution is 0.124. The van der Waals surface area contributed by atoms with Crippen molar-refractivity contribution in [2.75, 3.05) is 33.9 Å². The second-order valence-electron chi connectivity index (χ2n) is 12.4. The number of nitrogens with one attached hydrogen (secondary N) is 2. The van der Waals surface area contributed by atoms with Gasteiger partial charge in [0.15, 0.2) is 0 Å². The summed E-state index contributed by atoms with van der Waals surface area (Å²) in [6.07, 6.45) is 15.8. The van der Waals surface area contributed by atoms with E-state index in [-0.39, 0.29) is 5.92 Å². The molecule has 2 aromatic heterocycles. The molecule has 0 bridgehead atoms. The maximum atomic E-state index is 7.26. The Balaban J connectivity index is 1.24. The molecule has 47 heavy (non-hydrogen) atoms. The molecule has 6 rings (SSSR count). The Morgan fingerprint density at radius 2 is 1.83 bits per heavy atom. The molecular weight excluding hydrogens is 633 g/mol. The van der Waals surface area contributed by atoms with Crippen molar-refractivity contribution in [2.24, 2.45) is 5.92 Å². The summed E-state index contributed by atoms with van der Waals surface area (Å²) in [6, 6.07) is 6.27. The molecule has 1 unspecified atom stereocenters. The highest BCUT2D eigenvalue weighted by atomic mass is 35.5. The first kappa shape index (κ1) is 33.0. The van der Waals surface area contributed by atoms with Gasteiger partial charge in [0, 0.05) is 72.0 Å². The van der Waals surface area contributed by atoms with Crippen molar-refractivity contribution in [3.63, 3.8) is 0 Å². The molecule has 2 aliphatic heterocycles. The van der Waals surface area contributed by atoms with Crippen LogP contribution in [0.1, 0.15) is 48.8 Å². The first-order valence-electron chi connectivity index (χ1n) is 15.7. The SMILES string of the molecule is C#CC1CN(Cc2ncc(-c3cccc(C4(C)CC=CC(c5cnc(CNC[C@@H]6CCC(=C)N6)c(OC)n5)=C4Cl)c3Cl)nc2OC)C1. The van der Waals surface area contributed by atoms with Crippen molar-refractivity contribution < 1.29 is 9.47 Å². The molecule has 11 heteroatoms. The Kier molecular flexibility index (Phi) is 9.85. The van der Waals surface area contributed by atoms with Crippen LogP contribution in [0.2, 0.25) is 5.02 Å². The van der Waals surface area contributed by atoms with Crippen LogP contribution in [-0.2, 0) is 18.5 Å². The van der Waals surface area contributed by atoms with Gasteiger partial charge >= 0.3 is 0 Å². The number of rotatable bonds is 11. The summed E-state index contributed by atoms with van der Waals surface area (Å²) >= 11 is 14.4. The molecule has 0 radical (unpaired) electrons. The molecule has 0 amide bonds. The molecule has 2 N–H and O–H groups in total. The molecule has 1 aliphatic carbocycles. The molecule has 1 aromatic carbocycles. The second-order valence-corrected chi connectivity index (χ2v) is 13.2. The summed E-state index contributed by atoms with van der Waals surface area (Å²) in [5.41, 5.74) is 5.58. The van der Waals surface area contributed by atoms with Gasteiger partial charge in [-0.25, -0.2) is 9.97 Å². The van der Waals surface area contributed by atoms with Gasteiger partial charge in [-0.1, -0.05) is 67.1 Å². The second kappa shape index (κ2) is 14.0. The highest BCUT2D eigenvalue weighted by Crippen LogP contribution is 2.49. The minimum absolute atomic E-state index is 0.286. The first-order valence-corrected chi connectivity index (χ1v) is 16.5. The zero-order valence-corrected chi connectivity index (χ0v) is 28.5. The van der Waals surface area contributed by atoms with Crippen LogP contribution in [0, 0.1) is 18.3 Å². The number of hydrogen-bond donors (Lipinski definition) is 2.